The lowest BCUT2D eigenvalue weighted by Crippen LogP contribution is -2.12. The molecule has 0 bridgehead atoms. The Morgan fingerprint density at radius 3 is 2.60 bits per heavy atom. The zero-order valence-electron chi connectivity index (χ0n) is 10.9. The fourth-order valence-corrected chi connectivity index (χ4v) is 2.71. The van der Waals surface area contributed by atoms with Crippen LogP contribution in [0.2, 0.25) is 0 Å². The van der Waals surface area contributed by atoms with E-state index in [0.717, 1.165) is 5.56 Å². The van der Waals surface area contributed by atoms with Crippen LogP contribution in [0.5, 0.6) is 0 Å². The smallest absolute Gasteiger partial charge is 0.261 e. The maximum absolute atomic E-state index is 12.2. The van der Waals surface area contributed by atoms with Crippen molar-refractivity contribution in [3.05, 3.63) is 42.2 Å². The van der Waals surface area contributed by atoms with E-state index in [9.17, 15) is 8.42 Å². The molecule has 0 aliphatic rings. The molecule has 0 atom stereocenters. The molecule has 0 radical (unpaired) electrons. The minimum Gasteiger partial charge on any atom is -0.276 e. The van der Waals surface area contributed by atoms with Gasteiger partial charge in [0.25, 0.3) is 10.0 Å². The van der Waals surface area contributed by atoms with Gasteiger partial charge in [-0.2, -0.15) is 10.4 Å². The van der Waals surface area contributed by atoms with Crippen LogP contribution in [0, 0.1) is 11.3 Å². The van der Waals surface area contributed by atoms with E-state index >= 15 is 0 Å². The molecule has 2 rings (SSSR count). The zero-order valence-corrected chi connectivity index (χ0v) is 11.8. The predicted molar refractivity (Wildman–Crippen MR) is 74.5 cm³/mol. The van der Waals surface area contributed by atoms with Gasteiger partial charge in [0, 0.05) is 12.7 Å². The summed E-state index contributed by atoms with van der Waals surface area (Å²) in [5.41, 5.74) is 1.21. The quantitative estimate of drug-likeness (QED) is 0.909. The molecule has 0 aliphatic carbocycles. The highest BCUT2D eigenvalue weighted by Crippen LogP contribution is 2.16. The summed E-state index contributed by atoms with van der Waals surface area (Å²) in [4.78, 5) is 0.156. The van der Waals surface area contributed by atoms with Gasteiger partial charge in [-0.15, -0.1) is 0 Å². The van der Waals surface area contributed by atoms with Gasteiger partial charge in [0.15, 0.2) is 0 Å². The fraction of sp³-hybridized carbons (Fsp3) is 0.231. The number of hydrogen-bond acceptors (Lipinski definition) is 4. The molecule has 2 aromatic rings. The lowest BCUT2D eigenvalue weighted by atomic mass is 10.2. The van der Waals surface area contributed by atoms with Gasteiger partial charge >= 0.3 is 0 Å². The van der Waals surface area contributed by atoms with Crippen molar-refractivity contribution in [3.8, 4) is 6.07 Å². The molecule has 6 nitrogen and oxygen atoms in total. The topological polar surface area (TPSA) is 87.8 Å². The van der Waals surface area contributed by atoms with Gasteiger partial charge in [-0.25, -0.2) is 8.42 Å². The summed E-state index contributed by atoms with van der Waals surface area (Å²) >= 11 is 0. The minimum atomic E-state index is -3.63. The van der Waals surface area contributed by atoms with E-state index in [1.54, 1.807) is 23.0 Å². The number of nitrogens with one attached hydrogen (secondary N) is 1. The highest BCUT2D eigenvalue weighted by atomic mass is 32.2. The standard InChI is InChI=1S/C13H14N4O2S/c1-2-17-10-12(9-15-17)16-20(18,19)13-5-3-11(4-6-13)7-8-14/h3-6,9-10,16H,2,7H2,1H3. The van der Waals surface area contributed by atoms with Crippen LogP contribution >= 0.6 is 0 Å². The maximum Gasteiger partial charge on any atom is 0.261 e. The summed E-state index contributed by atoms with van der Waals surface area (Å²) in [5.74, 6) is 0. The molecule has 0 fully saturated rings. The molecule has 0 saturated carbocycles. The predicted octanol–water partition coefficient (Wildman–Crippen LogP) is 1.77. The average Bonchev–Trinajstić information content (AvgIpc) is 2.87. The zero-order chi connectivity index (χ0) is 14.6. The summed E-state index contributed by atoms with van der Waals surface area (Å²) in [6.45, 7) is 2.59. The first-order chi connectivity index (χ1) is 9.55. The van der Waals surface area contributed by atoms with Crippen LogP contribution in [-0.4, -0.2) is 18.2 Å². The molecule has 0 saturated heterocycles. The Balaban J connectivity index is 2.19. The van der Waals surface area contributed by atoms with Gasteiger partial charge < -0.3 is 0 Å². The number of aryl methyl sites for hydroxylation is 1. The van der Waals surface area contributed by atoms with E-state index in [1.807, 2.05) is 13.0 Å². The molecule has 7 heteroatoms. The molecule has 0 amide bonds. The number of sulfonamides is 1. The molecule has 1 heterocycles. The summed E-state index contributed by atoms with van der Waals surface area (Å²) in [6.07, 6.45) is 3.35. The third-order valence-corrected chi connectivity index (χ3v) is 4.12. The Bertz CT molecular complexity index is 726. The number of benzene rings is 1. The Morgan fingerprint density at radius 1 is 1.35 bits per heavy atom. The van der Waals surface area contributed by atoms with Crippen LogP contribution in [0.3, 0.4) is 0 Å². The highest BCUT2D eigenvalue weighted by Gasteiger charge is 2.14. The number of anilines is 1. The van der Waals surface area contributed by atoms with Crippen molar-refractivity contribution in [1.82, 2.24) is 9.78 Å². The normalized spacial score (nSPS) is 11.0. The monoisotopic (exact) mass is 290 g/mol. The second kappa shape index (κ2) is 5.75. The number of aromatic nitrogens is 2. The van der Waals surface area contributed by atoms with Crippen LogP contribution in [-0.2, 0) is 23.0 Å². The molecule has 1 aromatic carbocycles. The first-order valence-corrected chi connectivity index (χ1v) is 7.54. The van der Waals surface area contributed by atoms with Crippen LogP contribution in [0.15, 0.2) is 41.6 Å². The molecule has 104 valence electrons. The van der Waals surface area contributed by atoms with Crippen molar-refractivity contribution in [2.45, 2.75) is 24.8 Å². The number of rotatable bonds is 5. The molecular weight excluding hydrogens is 276 g/mol. The average molecular weight is 290 g/mol. The van der Waals surface area contributed by atoms with Gasteiger partial charge in [0.1, 0.15) is 0 Å². The van der Waals surface area contributed by atoms with Crippen LogP contribution in [0.1, 0.15) is 12.5 Å². The molecule has 0 aliphatic heterocycles. The van der Waals surface area contributed by atoms with Crippen molar-refractivity contribution in [1.29, 1.82) is 5.26 Å². The summed E-state index contributed by atoms with van der Waals surface area (Å²) < 4.78 is 28.4. The minimum absolute atomic E-state index is 0.156. The van der Waals surface area contributed by atoms with E-state index in [2.05, 4.69) is 9.82 Å². The fourth-order valence-electron chi connectivity index (χ4n) is 1.68. The van der Waals surface area contributed by atoms with E-state index in [1.165, 1.54) is 18.3 Å². The summed E-state index contributed by atoms with van der Waals surface area (Å²) in [7, 11) is -3.63. The molecular formula is C13H14N4O2S. The molecule has 20 heavy (non-hydrogen) atoms. The van der Waals surface area contributed by atoms with Gasteiger partial charge in [-0.05, 0) is 24.6 Å². The van der Waals surface area contributed by atoms with Crippen molar-refractivity contribution >= 4 is 15.7 Å². The second-order valence-corrected chi connectivity index (χ2v) is 5.85. The Morgan fingerprint density at radius 2 is 2.05 bits per heavy atom. The van der Waals surface area contributed by atoms with E-state index in [4.69, 9.17) is 5.26 Å². The molecule has 1 aromatic heterocycles. The number of nitrogens with zero attached hydrogens (tertiary/aromatic N) is 3. The van der Waals surface area contributed by atoms with Gasteiger partial charge in [0.2, 0.25) is 0 Å². The third-order valence-electron chi connectivity index (χ3n) is 2.73. The van der Waals surface area contributed by atoms with Crippen LogP contribution < -0.4 is 4.72 Å². The molecule has 0 unspecified atom stereocenters. The van der Waals surface area contributed by atoms with Crippen molar-refractivity contribution in [2.75, 3.05) is 4.72 Å². The number of hydrogen-bond donors (Lipinski definition) is 1. The number of nitriles is 1. The summed E-state index contributed by atoms with van der Waals surface area (Å²) in [5, 5.41) is 12.6. The first kappa shape index (κ1) is 14.1. The Labute approximate surface area is 117 Å². The largest absolute Gasteiger partial charge is 0.276 e. The van der Waals surface area contributed by atoms with Gasteiger partial charge in [-0.1, -0.05) is 12.1 Å². The van der Waals surface area contributed by atoms with E-state index in [0.29, 0.717) is 12.2 Å². The third kappa shape index (κ3) is 3.16. The summed E-state index contributed by atoms with van der Waals surface area (Å²) in [6, 6.07) is 8.25. The van der Waals surface area contributed by atoms with E-state index < -0.39 is 10.0 Å². The van der Waals surface area contributed by atoms with Crippen molar-refractivity contribution in [3.63, 3.8) is 0 Å². The van der Waals surface area contributed by atoms with Crippen molar-refractivity contribution in [2.24, 2.45) is 0 Å². The first-order valence-electron chi connectivity index (χ1n) is 6.06. The highest BCUT2D eigenvalue weighted by molar-refractivity contribution is 7.92. The SMILES string of the molecule is CCn1cc(NS(=O)(=O)c2ccc(CC#N)cc2)cn1. The maximum atomic E-state index is 12.2. The Kier molecular flexibility index (Phi) is 4.05. The van der Waals surface area contributed by atoms with E-state index in [-0.39, 0.29) is 11.3 Å². The lowest BCUT2D eigenvalue weighted by molar-refractivity contribution is 0.601. The van der Waals surface area contributed by atoms with Crippen LogP contribution in [0.4, 0.5) is 5.69 Å². The molecule has 1 N–H and O–H groups in total. The Hall–Kier alpha value is -2.33. The lowest BCUT2D eigenvalue weighted by Gasteiger charge is -2.06. The van der Waals surface area contributed by atoms with Crippen LogP contribution in [0.25, 0.3) is 0 Å². The molecule has 0 spiro atoms. The van der Waals surface area contributed by atoms with Gasteiger partial charge in [-0.3, -0.25) is 9.40 Å². The van der Waals surface area contributed by atoms with Crippen molar-refractivity contribution < 1.29 is 8.42 Å². The van der Waals surface area contributed by atoms with Gasteiger partial charge in [0.05, 0.1) is 29.3 Å². The second-order valence-electron chi connectivity index (χ2n) is 4.17.